The highest BCUT2D eigenvalue weighted by molar-refractivity contribution is 9.11. The van der Waals surface area contributed by atoms with E-state index < -0.39 is 10.0 Å². The standard InChI is InChI=1S/C13H14BrClN2O2S2/c1-16-7-9-2-4-11(15)12(6-9)21(18,19)17-8-10-3-5-13(14)20-10/h2-6,16-17H,7-8H2,1H3. The number of sulfonamides is 1. The molecule has 2 rings (SSSR count). The van der Waals surface area contributed by atoms with Crippen LogP contribution < -0.4 is 10.0 Å². The van der Waals surface area contributed by atoms with Crippen molar-refractivity contribution in [1.82, 2.24) is 10.0 Å². The van der Waals surface area contributed by atoms with Gasteiger partial charge in [0.25, 0.3) is 0 Å². The van der Waals surface area contributed by atoms with Crippen molar-refractivity contribution in [2.75, 3.05) is 7.05 Å². The Hall–Kier alpha value is -0.440. The van der Waals surface area contributed by atoms with E-state index in [9.17, 15) is 8.42 Å². The third-order valence-electron chi connectivity index (χ3n) is 2.73. The van der Waals surface area contributed by atoms with Crippen LogP contribution in [0.1, 0.15) is 10.4 Å². The predicted molar refractivity (Wildman–Crippen MR) is 90.3 cm³/mol. The summed E-state index contributed by atoms with van der Waals surface area (Å²) in [6.07, 6.45) is 0. The molecule has 2 aromatic rings. The van der Waals surface area contributed by atoms with Gasteiger partial charge in [0.2, 0.25) is 10.0 Å². The molecule has 0 amide bonds. The number of benzene rings is 1. The summed E-state index contributed by atoms with van der Waals surface area (Å²) in [5.41, 5.74) is 0.862. The van der Waals surface area contributed by atoms with E-state index in [1.807, 2.05) is 12.1 Å². The summed E-state index contributed by atoms with van der Waals surface area (Å²) in [5, 5.41) is 3.20. The first-order valence-corrected chi connectivity index (χ1v) is 9.56. The van der Waals surface area contributed by atoms with E-state index in [2.05, 4.69) is 26.0 Å². The summed E-state index contributed by atoms with van der Waals surface area (Å²) in [4.78, 5) is 1.03. The fourth-order valence-corrected chi connectivity index (χ4v) is 4.83. The Kier molecular flexibility index (Phi) is 5.81. The van der Waals surface area contributed by atoms with Crippen LogP contribution in [0, 0.1) is 0 Å². The summed E-state index contributed by atoms with van der Waals surface area (Å²) >= 11 is 10.9. The highest BCUT2D eigenvalue weighted by Crippen LogP contribution is 2.25. The van der Waals surface area contributed by atoms with Gasteiger partial charge in [0.05, 0.1) is 8.81 Å². The number of hydrogen-bond acceptors (Lipinski definition) is 4. The van der Waals surface area contributed by atoms with E-state index >= 15 is 0 Å². The first-order chi connectivity index (χ1) is 9.92. The molecule has 0 fully saturated rings. The largest absolute Gasteiger partial charge is 0.316 e. The number of halogens is 2. The molecule has 0 aliphatic carbocycles. The second-order valence-corrected chi connectivity index (χ2v) is 9.02. The van der Waals surface area contributed by atoms with Crippen molar-refractivity contribution in [1.29, 1.82) is 0 Å². The van der Waals surface area contributed by atoms with Crippen LogP contribution in [0.15, 0.2) is 39.0 Å². The molecule has 0 spiro atoms. The number of hydrogen-bond donors (Lipinski definition) is 2. The third-order valence-corrected chi connectivity index (χ3v) is 6.24. The number of nitrogens with one attached hydrogen (secondary N) is 2. The van der Waals surface area contributed by atoms with Gasteiger partial charge in [0.1, 0.15) is 4.90 Å². The molecule has 21 heavy (non-hydrogen) atoms. The Bertz CT molecular complexity index is 732. The molecule has 114 valence electrons. The third kappa shape index (κ3) is 4.51. The lowest BCUT2D eigenvalue weighted by atomic mass is 10.2. The zero-order valence-electron chi connectivity index (χ0n) is 11.2. The molecular weight excluding hydrogens is 396 g/mol. The van der Waals surface area contributed by atoms with Crippen LogP contribution >= 0.6 is 38.9 Å². The average Bonchev–Trinajstić information content (AvgIpc) is 2.85. The fraction of sp³-hybridized carbons (Fsp3) is 0.231. The molecule has 0 saturated carbocycles. The van der Waals surface area contributed by atoms with Gasteiger partial charge >= 0.3 is 0 Å². The summed E-state index contributed by atoms with van der Waals surface area (Å²) in [5.74, 6) is 0. The van der Waals surface area contributed by atoms with Crippen LogP contribution in [-0.4, -0.2) is 15.5 Å². The van der Waals surface area contributed by atoms with Crippen LogP contribution in [0.3, 0.4) is 0 Å². The number of thiophene rings is 1. The maximum atomic E-state index is 12.4. The van der Waals surface area contributed by atoms with Gasteiger partial charge in [-0.2, -0.15) is 0 Å². The van der Waals surface area contributed by atoms with Crippen molar-refractivity contribution >= 4 is 48.9 Å². The minimum Gasteiger partial charge on any atom is -0.316 e. The number of rotatable bonds is 6. The first-order valence-electron chi connectivity index (χ1n) is 6.09. The maximum Gasteiger partial charge on any atom is 0.242 e. The van der Waals surface area contributed by atoms with E-state index in [4.69, 9.17) is 11.6 Å². The summed E-state index contributed by atoms with van der Waals surface area (Å²) < 4.78 is 28.3. The van der Waals surface area contributed by atoms with Crippen molar-refractivity contribution in [2.45, 2.75) is 18.0 Å². The van der Waals surface area contributed by atoms with Crippen molar-refractivity contribution in [3.05, 3.63) is 49.6 Å². The average molecular weight is 410 g/mol. The smallest absolute Gasteiger partial charge is 0.242 e. The Morgan fingerprint density at radius 3 is 2.62 bits per heavy atom. The molecule has 1 heterocycles. The van der Waals surface area contributed by atoms with E-state index in [0.29, 0.717) is 6.54 Å². The van der Waals surface area contributed by atoms with Gasteiger partial charge in [-0.1, -0.05) is 17.7 Å². The van der Waals surface area contributed by atoms with Gasteiger partial charge in [-0.15, -0.1) is 11.3 Å². The molecule has 0 unspecified atom stereocenters. The van der Waals surface area contributed by atoms with Gasteiger partial charge in [0.15, 0.2) is 0 Å². The van der Waals surface area contributed by atoms with Crippen molar-refractivity contribution < 1.29 is 8.42 Å². The molecule has 2 N–H and O–H groups in total. The maximum absolute atomic E-state index is 12.4. The molecule has 0 aliphatic heterocycles. The van der Waals surface area contributed by atoms with E-state index in [1.54, 1.807) is 25.2 Å². The van der Waals surface area contributed by atoms with Crippen molar-refractivity contribution in [3.63, 3.8) is 0 Å². The predicted octanol–water partition coefficient (Wildman–Crippen LogP) is 3.36. The molecule has 4 nitrogen and oxygen atoms in total. The van der Waals surface area contributed by atoms with Gasteiger partial charge in [0, 0.05) is 18.0 Å². The second-order valence-electron chi connectivity index (χ2n) is 4.33. The zero-order chi connectivity index (χ0) is 15.5. The minimum absolute atomic E-state index is 0.104. The van der Waals surface area contributed by atoms with Crippen LogP contribution in [-0.2, 0) is 23.1 Å². The molecular formula is C13H14BrClN2O2S2. The van der Waals surface area contributed by atoms with Gasteiger partial charge in [-0.05, 0) is 52.8 Å². The Morgan fingerprint density at radius 1 is 1.24 bits per heavy atom. The topological polar surface area (TPSA) is 58.2 Å². The lowest BCUT2D eigenvalue weighted by molar-refractivity contribution is 0.581. The molecule has 0 radical (unpaired) electrons. The molecule has 8 heteroatoms. The van der Waals surface area contributed by atoms with Gasteiger partial charge < -0.3 is 5.32 Å². The highest BCUT2D eigenvalue weighted by atomic mass is 79.9. The molecule has 0 saturated heterocycles. The van der Waals surface area contributed by atoms with E-state index in [0.717, 1.165) is 14.2 Å². The Balaban J connectivity index is 2.20. The minimum atomic E-state index is -3.64. The SMILES string of the molecule is CNCc1ccc(Cl)c(S(=O)(=O)NCc2ccc(Br)s2)c1. The molecule has 0 atom stereocenters. The van der Waals surface area contributed by atoms with Gasteiger partial charge in [-0.3, -0.25) is 0 Å². The summed E-state index contributed by atoms with van der Waals surface area (Å²) in [7, 11) is -1.84. The van der Waals surface area contributed by atoms with E-state index in [-0.39, 0.29) is 16.5 Å². The monoisotopic (exact) mass is 408 g/mol. The molecule has 1 aromatic heterocycles. The second kappa shape index (κ2) is 7.21. The molecule has 0 aliphatic rings. The van der Waals surface area contributed by atoms with Crippen LogP contribution in [0.5, 0.6) is 0 Å². The molecule has 1 aromatic carbocycles. The van der Waals surface area contributed by atoms with Crippen molar-refractivity contribution in [2.24, 2.45) is 0 Å². The highest BCUT2D eigenvalue weighted by Gasteiger charge is 2.18. The Morgan fingerprint density at radius 2 is 2.00 bits per heavy atom. The van der Waals surface area contributed by atoms with Gasteiger partial charge in [-0.25, -0.2) is 13.1 Å². The Labute approximate surface area is 141 Å². The zero-order valence-corrected chi connectivity index (χ0v) is 15.2. The fourth-order valence-electron chi connectivity index (χ4n) is 1.76. The van der Waals surface area contributed by atoms with Crippen molar-refractivity contribution in [3.8, 4) is 0 Å². The first kappa shape index (κ1) is 16.9. The quantitative estimate of drug-likeness (QED) is 0.769. The summed E-state index contributed by atoms with van der Waals surface area (Å²) in [6, 6.07) is 8.75. The van der Waals surface area contributed by atoms with Crippen LogP contribution in [0.25, 0.3) is 0 Å². The van der Waals surface area contributed by atoms with Crippen LogP contribution in [0.4, 0.5) is 0 Å². The summed E-state index contributed by atoms with van der Waals surface area (Å²) in [6.45, 7) is 0.822. The molecule has 0 bridgehead atoms. The van der Waals surface area contributed by atoms with E-state index in [1.165, 1.54) is 11.3 Å². The normalized spacial score (nSPS) is 11.8. The lowest BCUT2D eigenvalue weighted by Crippen LogP contribution is -2.23. The van der Waals surface area contributed by atoms with Crippen LogP contribution in [0.2, 0.25) is 5.02 Å². The lowest BCUT2D eigenvalue weighted by Gasteiger charge is -2.09.